The molecule has 0 aliphatic rings. The van der Waals surface area contributed by atoms with Gasteiger partial charge < -0.3 is 5.73 Å². The fourth-order valence-electron chi connectivity index (χ4n) is 1.39. The van der Waals surface area contributed by atoms with Crippen LogP contribution in [0.15, 0.2) is 24.3 Å². The molecule has 0 fully saturated rings. The van der Waals surface area contributed by atoms with Crippen LogP contribution in [0.5, 0.6) is 0 Å². The van der Waals surface area contributed by atoms with Crippen molar-refractivity contribution in [3.05, 3.63) is 41.2 Å². The third-order valence-electron chi connectivity index (χ3n) is 1.96. The maximum atomic E-state index is 10.6. The molecule has 0 saturated heterocycles. The van der Waals surface area contributed by atoms with Crippen molar-refractivity contribution in [1.82, 2.24) is 0 Å². The highest BCUT2D eigenvalue weighted by atomic mass is 32.2. The van der Waals surface area contributed by atoms with Gasteiger partial charge in [0.05, 0.1) is 12.3 Å². The number of nitrogens with zero attached hydrogens (tertiary/aromatic N) is 1. The number of benzene rings is 1. The molecular weight excluding hydrogens is 228 g/mol. The Morgan fingerprint density at radius 3 is 2.75 bits per heavy atom. The van der Waals surface area contributed by atoms with Crippen LogP contribution in [0.1, 0.15) is 5.56 Å². The van der Waals surface area contributed by atoms with Crippen molar-refractivity contribution in [2.75, 3.05) is 5.75 Å². The van der Waals surface area contributed by atoms with E-state index in [-0.39, 0.29) is 0 Å². The molecule has 86 valence electrons. The van der Waals surface area contributed by atoms with E-state index in [1.165, 1.54) is 0 Å². The van der Waals surface area contributed by atoms with Gasteiger partial charge in [-0.25, -0.2) is 4.85 Å². The summed E-state index contributed by atoms with van der Waals surface area (Å²) >= 11 is 0. The van der Waals surface area contributed by atoms with E-state index in [0.717, 1.165) is 5.56 Å². The van der Waals surface area contributed by atoms with Crippen molar-refractivity contribution >= 4 is 15.8 Å². The predicted octanol–water partition coefficient (Wildman–Crippen LogP) is 0.995. The first-order valence-corrected chi connectivity index (χ1v) is 6.19. The Bertz CT molecular complexity index is 505. The highest BCUT2D eigenvalue weighted by Crippen LogP contribution is 2.14. The Kier molecular flexibility index (Phi) is 4.01. The van der Waals surface area contributed by atoms with Crippen molar-refractivity contribution in [3.8, 4) is 0 Å². The van der Waals surface area contributed by atoms with Gasteiger partial charge in [0.15, 0.2) is 5.69 Å². The molecule has 0 aliphatic heterocycles. The largest absolute Gasteiger partial charge is 0.326 e. The van der Waals surface area contributed by atoms with Crippen molar-refractivity contribution in [3.63, 3.8) is 0 Å². The van der Waals surface area contributed by atoms with Crippen LogP contribution in [0, 0.1) is 6.57 Å². The summed E-state index contributed by atoms with van der Waals surface area (Å²) in [4.78, 5) is 3.25. The molecule has 0 bridgehead atoms. The molecule has 0 amide bonds. The van der Waals surface area contributed by atoms with Crippen LogP contribution in [-0.2, 0) is 16.5 Å². The van der Waals surface area contributed by atoms with Crippen molar-refractivity contribution in [1.29, 1.82) is 0 Å². The average molecular weight is 240 g/mol. The second kappa shape index (κ2) is 5.07. The Morgan fingerprint density at radius 2 is 2.19 bits per heavy atom. The molecule has 1 aromatic carbocycles. The molecule has 0 radical (unpaired) electrons. The molecule has 0 heterocycles. The molecule has 1 atom stereocenters. The number of rotatable bonds is 4. The highest BCUT2D eigenvalue weighted by Gasteiger charge is 2.13. The first kappa shape index (κ1) is 12.6. The van der Waals surface area contributed by atoms with E-state index in [0.29, 0.717) is 12.1 Å². The van der Waals surface area contributed by atoms with Gasteiger partial charge in [0.2, 0.25) is 0 Å². The van der Waals surface area contributed by atoms with E-state index >= 15 is 0 Å². The summed E-state index contributed by atoms with van der Waals surface area (Å²) < 4.78 is 29.8. The zero-order chi connectivity index (χ0) is 12.2. The van der Waals surface area contributed by atoms with Gasteiger partial charge in [-0.3, -0.25) is 4.55 Å². The molecule has 1 aromatic rings. The zero-order valence-corrected chi connectivity index (χ0v) is 9.31. The summed E-state index contributed by atoms with van der Waals surface area (Å²) in [7, 11) is -4.04. The van der Waals surface area contributed by atoms with Crippen molar-refractivity contribution in [2.24, 2.45) is 5.73 Å². The fraction of sp³-hybridized carbons (Fsp3) is 0.300. The molecule has 0 aliphatic carbocycles. The molecule has 0 aromatic heterocycles. The molecule has 3 N–H and O–H groups in total. The summed E-state index contributed by atoms with van der Waals surface area (Å²) in [5.41, 5.74) is 6.83. The first-order valence-electron chi connectivity index (χ1n) is 4.58. The lowest BCUT2D eigenvalue weighted by Gasteiger charge is -2.09. The van der Waals surface area contributed by atoms with Crippen LogP contribution in [0.3, 0.4) is 0 Å². The van der Waals surface area contributed by atoms with Gasteiger partial charge in [-0.05, 0) is 6.42 Å². The normalized spacial score (nSPS) is 13.1. The average Bonchev–Trinajstić information content (AvgIpc) is 2.15. The monoisotopic (exact) mass is 240 g/mol. The zero-order valence-electron chi connectivity index (χ0n) is 8.50. The maximum absolute atomic E-state index is 10.6. The number of hydrogen-bond donors (Lipinski definition) is 2. The molecular formula is C10H12N2O3S. The number of hydrogen-bond acceptors (Lipinski definition) is 3. The smallest absolute Gasteiger partial charge is 0.266 e. The van der Waals surface area contributed by atoms with Crippen LogP contribution in [0.4, 0.5) is 5.69 Å². The summed E-state index contributed by atoms with van der Waals surface area (Å²) in [6.07, 6.45) is 0.309. The third-order valence-corrected chi connectivity index (χ3v) is 2.81. The molecule has 16 heavy (non-hydrogen) atoms. The van der Waals surface area contributed by atoms with E-state index in [1.807, 2.05) is 0 Å². The molecule has 1 rings (SSSR count). The van der Waals surface area contributed by atoms with Crippen LogP contribution in [0.25, 0.3) is 4.85 Å². The van der Waals surface area contributed by atoms with Gasteiger partial charge in [-0.2, -0.15) is 8.42 Å². The van der Waals surface area contributed by atoms with Gasteiger partial charge in [0, 0.05) is 6.04 Å². The predicted molar refractivity (Wildman–Crippen MR) is 60.8 cm³/mol. The second-order valence-electron chi connectivity index (χ2n) is 3.49. The van der Waals surface area contributed by atoms with E-state index < -0.39 is 21.9 Å². The quantitative estimate of drug-likeness (QED) is 0.607. The Morgan fingerprint density at radius 1 is 1.50 bits per heavy atom. The summed E-state index contributed by atoms with van der Waals surface area (Å²) in [6.45, 7) is 6.82. The SMILES string of the molecule is [C-]#[N+]c1cccc(C[C@H](N)CS(=O)(=O)O)c1. The van der Waals surface area contributed by atoms with E-state index in [1.54, 1.807) is 24.3 Å². The van der Waals surface area contributed by atoms with E-state index in [2.05, 4.69) is 4.85 Å². The van der Waals surface area contributed by atoms with Crippen LogP contribution in [0.2, 0.25) is 0 Å². The van der Waals surface area contributed by atoms with Crippen molar-refractivity contribution < 1.29 is 13.0 Å². The molecule has 0 unspecified atom stereocenters. The lowest BCUT2D eigenvalue weighted by atomic mass is 10.1. The molecule has 5 nitrogen and oxygen atoms in total. The molecule has 0 saturated carbocycles. The summed E-state index contributed by atoms with van der Waals surface area (Å²) in [6, 6.07) is 6.11. The minimum atomic E-state index is -4.04. The van der Waals surface area contributed by atoms with Gasteiger partial charge in [-0.15, -0.1) is 0 Å². The van der Waals surface area contributed by atoms with Gasteiger partial charge in [0.1, 0.15) is 0 Å². The lowest BCUT2D eigenvalue weighted by molar-refractivity contribution is 0.476. The molecule has 6 heteroatoms. The summed E-state index contributed by atoms with van der Waals surface area (Å²) in [5, 5.41) is 0. The van der Waals surface area contributed by atoms with Crippen molar-refractivity contribution in [2.45, 2.75) is 12.5 Å². The highest BCUT2D eigenvalue weighted by molar-refractivity contribution is 7.85. The lowest BCUT2D eigenvalue weighted by Crippen LogP contribution is -2.31. The van der Waals surface area contributed by atoms with Gasteiger partial charge in [-0.1, -0.05) is 29.8 Å². The van der Waals surface area contributed by atoms with Crippen LogP contribution < -0.4 is 5.73 Å². The Balaban J connectivity index is 2.70. The van der Waals surface area contributed by atoms with Crippen LogP contribution in [-0.4, -0.2) is 24.8 Å². The Labute approximate surface area is 94.5 Å². The minimum Gasteiger partial charge on any atom is -0.326 e. The van der Waals surface area contributed by atoms with E-state index in [4.69, 9.17) is 16.9 Å². The molecule has 0 spiro atoms. The number of nitrogens with two attached hydrogens (primary N) is 1. The Hall–Kier alpha value is -1.42. The topological polar surface area (TPSA) is 84.8 Å². The van der Waals surface area contributed by atoms with Crippen LogP contribution >= 0.6 is 0 Å². The fourth-order valence-corrected chi connectivity index (χ4v) is 2.04. The second-order valence-corrected chi connectivity index (χ2v) is 4.99. The van der Waals surface area contributed by atoms with Gasteiger partial charge in [0.25, 0.3) is 10.1 Å². The summed E-state index contributed by atoms with van der Waals surface area (Å²) in [5.74, 6) is -0.477. The maximum Gasteiger partial charge on any atom is 0.266 e. The minimum absolute atomic E-state index is 0.309. The van der Waals surface area contributed by atoms with E-state index in [9.17, 15) is 8.42 Å². The first-order chi connectivity index (χ1) is 7.40. The van der Waals surface area contributed by atoms with Gasteiger partial charge >= 0.3 is 0 Å². The third kappa shape index (κ3) is 4.40. The standard InChI is InChI=1S/C10H12N2O3S/c1-12-10-4-2-3-8(6-10)5-9(11)7-16(13,14)15/h2-4,6,9H,5,7,11H2,(H,13,14,15)/t9-/m0/s1.